The van der Waals surface area contributed by atoms with Crippen molar-refractivity contribution in [1.82, 2.24) is 34.7 Å². The van der Waals surface area contributed by atoms with Crippen molar-refractivity contribution in [3.63, 3.8) is 0 Å². The lowest BCUT2D eigenvalue weighted by Gasteiger charge is -2.34. The molecule has 4 aromatic rings. The standard InChI is InChI=1S/C22H25F3N8S/c1-4-31-5-7-32(8-6-31)21-14(3)28-20(34-21)18-16(10-22(23,24)25)17(29-30-18)15-9-13(2)19-26-12-27-33(19)11-15/h9,11-12H,4-8,10H2,1-3H3,(H,29,30). The number of aryl methyl sites for hydroxylation is 2. The normalized spacial score (nSPS) is 15.5. The summed E-state index contributed by atoms with van der Waals surface area (Å²) in [5, 5.41) is 12.8. The molecule has 12 heteroatoms. The predicted octanol–water partition coefficient (Wildman–Crippen LogP) is 4.11. The number of anilines is 1. The molecule has 0 atom stereocenters. The molecule has 0 amide bonds. The summed E-state index contributed by atoms with van der Waals surface area (Å²) in [5.41, 5.74) is 3.47. The summed E-state index contributed by atoms with van der Waals surface area (Å²) in [6.45, 7) is 10.6. The summed E-state index contributed by atoms with van der Waals surface area (Å²) in [7, 11) is 0. The first-order valence-electron chi connectivity index (χ1n) is 11.1. The predicted molar refractivity (Wildman–Crippen MR) is 125 cm³/mol. The number of rotatable bonds is 5. The van der Waals surface area contributed by atoms with Gasteiger partial charge < -0.3 is 9.80 Å². The van der Waals surface area contributed by atoms with Crippen LogP contribution >= 0.6 is 11.3 Å². The molecule has 5 heterocycles. The number of H-pyrrole nitrogens is 1. The molecule has 180 valence electrons. The van der Waals surface area contributed by atoms with Crippen molar-refractivity contribution in [2.24, 2.45) is 0 Å². The first kappa shape index (κ1) is 22.8. The Bertz CT molecular complexity index is 1310. The number of piperazine rings is 1. The van der Waals surface area contributed by atoms with Crippen molar-refractivity contribution in [3.05, 3.63) is 35.4 Å². The van der Waals surface area contributed by atoms with Crippen molar-refractivity contribution in [1.29, 1.82) is 0 Å². The number of aromatic amines is 1. The van der Waals surface area contributed by atoms with Crippen LogP contribution in [0.5, 0.6) is 0 Å². The molecule has 0 radical (unpaired) electrons. The molecular formula is C22H25F3N8S. The summed E-state index contributed by atoms with van der Waals surface area (Å²) in [4.78, 5) is 13.5. The van der Waals surface area contributed by atoms with Crippen LogP contribution in [0.25, 0.3) is 27.6 Å². The average Bonchev–Trinajstić information content (AvgIpc) is 3.51. The third kappa shape index (κ3) is 4.27. The minimum absolute atomic E-state index is 0.0856. The number of likely N-dealkylation sites (N-methyl/N-ethyl adjacent to an activating group) is 1. The monoisotopic (exact) mass is 490 g/mol. The van der Waals surface area contributed by atoms with Crippen LogP contribution in [-0.4, -0.2) is 73.6 Å². The number of pyridine rings is 1. The van der Waals surface area contributed by atoms with Crippen molar-refractivity contribution in [2.45, 2.75) is 33.4 Å². The van der Waals surface area contributed by atoms with E-state index >= 15 is 0 Å². The molecular weight excluding hydrogens is 465 g/mol. The maximum Gasteiger partial charge on any atom is 0.393 e. The first-order chi connectivity index (χ1) is 16.2. The number of nitrogens with zero attached hydrogens (tertiary/aromatic N) is 7. The van der Waals surface area contributed by atoms with Crippen LogP contribution in [0.15, 0.2) is 18.6 Å². The van der Waals surface area contributed by atoms with E-state index < -0.39 is 12.6 Å². The number of aromatic nitrogens is 6. The van der Waals surface area contributed by atoms with Gasteiger partial charge in [0.1, 0.15) is 16.3 Å². The van der Waals surface area contributed by atoms with Crippen LogP contribution in [0.1, 0.15) is 23.7 Å². The smallest absolute Gasteiger partial charge is 0.359 e. The van der Waals surface area contributed by atoms with Crippen LogP contribution in [0.4, 0.5) is 18.2 Å². The van der Waals surface area contributed by atoms with Gasteiger partial charge >= 0.3 is 6.18 Å². The first-order valence-corrected chi connectivity index (χ1v) is 11.9. The van der Waals surface area contributed by atoms with Crippen LogP contribution in [0.2, 0.25) is 0 Å². The minimum atomic E-state index is -4.40. The number of hydrogen-bond acceptors (Lipinski definition) is 7. The quantitative estimate of drug-likeness (QED) is 0.454. The highest BCUT2D eigenvalue weighted by atomic mass is 32.1. The zero-order chi connectivity index (χ0) is 24.0. The number of hydrogen-bond donors (Lipinski definition) is 1. The van der Waals surface area contributed by atoms with Crippen molar-refractivity contribution in [3.8, 4) is 22.0 Å². The van der Waals surface area contributed by atoms with E-state index in [0.29, 0.717) is 21.9 Å². The van der Waals surface area contributed by atoms with Gasteiger partial charge in [-0.1, -0.05) is 18.3 Å². The maximum atomic E-state index is 13.6. The maximum absolute atomic E-state index is 13.6. The van der Waals surface area contributed by atoms with E-state index in [9.17, 15) is 13.2 Å². The molecule has 8 nitrogen and oxygen atoms in total. The Hall–Kier alpha value is -2.99. The third-order valence-corrected chi connectivity index (χ3v) is 7.41. The molecule has 1 aliphatic rings. The van der Waals surface area contributed by atoms with E-state index in [-0.39, 0.29) is 11.3 Å². The lowest BCUT2D eigenvalue weighted by molar-refractivity contribution is -0.127. The van der Waals surface area contributed by atoms with Gasteiger partial charge in [0.25, 0.3) is 0 Å². The summed E-state index contributed by atoms with van der Waals surface area (Å²) >= 11 is 1.41. The molecule has 0 spiro atoms. The van der Waals surface area contributed by atoms with E-state index in [2.05, 4.69) is 42.0 Å². The highest BCUT2D eigenvalue weighted by Gasteiger charge is 2.34. The summed E-state index contributed by atoms with van der Waals surface area (Å²) in [6, 6.07) is 1.79. The number of halogens is 3. The molecule has 34 heavy (non-hydrogen) atoms. The summed E-state index contributed by atoms with van der Waals surface area (Å²) < 4.78 is 42.5. The third-order valence-electron chi connectivity index (χ3n) is 6.17. The Morgan fingerprint density at radius 1 is 1.15 bits per heavy atom. The van der Waals surface area contributed by atoms with E-state index in [4.69, 9.17) is 0 Å². The summed E-state index contributed by atoms with van der Waals surface area (Å²) in [6.07, 6.45) is -2.43. The van der Waals surface area contributed by atoms with Crippen LogP contribution in [-0.2, 0) is 6.42 Å². The zero-order valence-corrected chi connectivity index (χ0v) is 20.0. The van der Waals surface area contributed by atoms with Gasteiger partial charge in [-0.05, 0) is 32.0 Å². The second kappa shape index (κ2) is 8.66. The lowest BCUT2D eigenvalue weighted by Crippen LogP contribution is -2.46. The van der Waals surface area contributed by atoms with Crippen molar-refractivity contribution in [2.75, 3.05) is 37.6 Å². The molecule has 1 aliphatic heterocycles. The molecule has 4 aromatic heterocycles. The Morgan fingerprint density at radius 3 is 2.62 bits per heavy atom. The summed E-state index contributed by atoms with van der Waals surface area (Å²) in [5.74, 6) is 0. The Balaban J connectivity index is 1.55. The number of alkyl halides is 3. The molecule has 0 unspecified atom stereocenters. The average molecular weight is 491 g/mol. The molecule has 0 saturated carbocycles. The van der Waals surface area contributed by atoms with Crippen molar-refractivity contribution < 1.29 is 13.2 Å². The van der Waals surface area contributed by atoms with Gasteiger partial charge in [-0.3, -0.25) is 5.10 Å². The lowest BCUT2D eigenvalue weighted by atomic mass is 10.0. The molecule has 0 aliphatic carbocycles. The van der Waals surface area contributed by atoms with Crippen LogP contribution in [0, 0.1) is 13.8 Å². The van der Waals surface area contributed by atoms with Crippen molar-refractivity contribution >= 4 is 22.0 Å². The van der Waals surface area contributed by atoms with Gasteiger partial charge in [0.2, 0.25) is 0 Å². The Labute approximate surface area is 198 Å². The largest absolute Gasteiger partial charge is 0.393 e. The van der Waals surface area contributed by atoms with Crippen LogP contribution in [0.3, 0.4) is 0 Å². The molecule has 5 rings (SSSR count). The van der Waals surface area contributed by atoms with Gasteiger partial charge in [-0.15, -0.1) is 0 Å². The van der Waals surface area contributed by atoms with E-state index in [1.807, 2.05) is 13.8 Å². The second-order valence-corrected chi connectivity index (χ2v) is 9.47. The van der Waals surface area contributed by atoms with E-state index in [0.717, 1.165) is 49.0 Å². The molecule has 1 N–H and O–H groups in total. The minimum Gasteiger partial charge on any atom is -0.359 e. The topological polar surface area (TPSA) is 78.2 Å². The number of fused-ring (bicyclic) bond motifs is 1. The molecule has 0 bridgehead atoms. The fourth-order valence-electron chi connectivity index (χ4n) is 4.43. The Morgan fingerprint density at radius 2 is 1.91 bits per heavy atom. The molecule has 0 aromatic carbocycles. The fraction of sp³-hybridized carbons (Fsp3) is 0.455. The SMILES string of the molecule is CCN1CCN(c2sc(-c3[nH]nc(-c4cc(C)c5ncnn5c4)c3CC(F)(F)F)nc2C)CC1. The van der Waals surface area contributed by atoms with Gasteiger partial charge in [0.05, 0.1) is 23.5 Å². The molecule has 1 saturated heterocycles. The van der Waals surface area contributed by atoms with E-state index in [1.54, 1.807) is 16.8 Å². The van der Waals surface area contributed by atoms with Gasteiger partial charge in [0, 0.05) is 43.5 Å². The fourth-order valence-corrected chi connectivity index (χ4v) is 5.57. The highest BCUT2D eigenvalue weighted by molar-refractivity contribution is 7.19. The molecule has 1 fully saturated rings. The Kier molecular flexibility index (Phi) is 5.80. The van der Waals surface area contributed by atoms with Gasteiger partial charge in [-0.2, -0.15) is 23.4 Å². The number of thiazole rings is 1. The second-order valence-electron chi connectivity index (χ2n) is 8.49. The van der Waals surface area contributed by atoms with Gasteiger partial charge in [-0.25, -0.2) is 14.5 Å². The van der Waals surface area contributed by atoms with Crippen LogP contribution < -0.4 is 4.90 Å². The van der Waals surface area contributed by atoms with Gasteiger partial charge in [0.15, 0.2) is 5.65 Å². The highest BCUT2D eigenvalue weighted by Crippen LogP contribution is 2.40. The zero-order valence-electron chi connectivity index (χ0n) is 19.1. The number of nitrogens with one attached hydrogen (secondary N) is 1. The van der Waals surface area contributed by atoms with E-state index in [1.165, 1.54) is 17.7 Å².